The average Bonchev–Trinajstić information content (AvgIpc) is 2.74. The Morgan fingerprint density at radius 1 is 1.00 bits per heavy atom. The average molecular weight is 409 g/mol. The Hall–Kier alpha value is -3.61. The molecule has 0 radical (unpaired) electrons. The molecule has 2 N–H and O–H groups in total. The highest BCUT2D eigenvalue weighted by atomic mass is 16.5. The molecule has 1 heterocycles. The van der Waals surface area contributed by atoms with Gasteiger partial charge in [-0.15, -0.1) is 0 Å². The van der Waals surface area contributed by atoms with Crippen molar-refractivity contribution in [2.45, 2.75) is 25.7 Å². The lowest BCUT2D eigenvalue weighted by Crippen LogP contribution is -2.29. The molecule has 1 amide bonds. The van der Waals surface area contributed by atoms with Gasteiger partial charge in [0, 0.05) is 30.5 Å². The number of rotatable bonds is 10. The summed E-state index contributed by atoms with van der Waals surface area (Å²) >= 11 is 0. The van der Waals surface area contributed by atoms with Crippen molar-refractivity contribution in [3.63, 3.8) is 0 Å². The molecule has 2 aromatic carbocycles. The molecule has 0 aliphatic heterocycles. The first kappa shape index (κ1) is 21.1. The number of carbonyl (C=O) groups excluding carboxylic acids is 1. The number of fused-ring (bicyclic) bond motifs is 1. The Morgan fingerprint density at radius 3 is 2.57 bits per heavy atom. The van der Waals surface area contributed by atoms with Gasteiger partial charge in [-0.3, -0.25) is 9.59 Å². The molecule has 7 heteroatoms. The van der Waals surface area contributed by atoms with Crippen LogP contribution in [0.15, 0.2) is 63.8 Å². The first-order valence-electron chi connectivity index (χ1n) is 9.77. The van der Waals surface area contributed by atoms with Crippen LogP contribution in [0.4, 0.5) is 0 Å². The van der Waals surface area contributed by atoms with Gasteiger partial charge in [0.25, 0.3) is 5.91 Å². The maximum absolute atomic E-state index is 12.0. The van der Waals surface area contributed by atoms with Crippen LogP contribution in [-0.4, -0.2) is 30.1 Å². The van der Waals surface area contributed by atoms with Crippen molar-refractivity contribution in [1.29, 1.82) is 0 Å². The molecule has 0 aliphatic carbocycles. The van der Waals surface area contributed by atoms with E-state index in [0.29, 0.717) is 30.7 Å². The van der Waals surface area contributed by atoms with Gasteiger partial charge in [-0.1, -0.05) is 36.8 Å². The lowest BCUT2D eigenvalue weighted by Gasteiger charge is -2.09. The van der Waals surface area contributed by atoms with Gasteiger partial charge in [0.2, 0.25) is 0 Å². The highest BCUT2D eigenvalue weighted by Crippen LogP contribution is 2.29. The molecule has 0 aliphatic rings. The number of nitrogens with one attached hydrogen (secondary N) is 1. The summed E-state index contributed by atoms with van der Waals surface area (Å²) in [5.74, 6) is -0.658. The summed E-state index contributed by atoms with van der Waals surface area (Å²) < 4.78 is 10.8. The Balaban J connectivity index is 1.58. The van der Waals surface area contributed by atoms with Crippen LogP contribution in [0.1, 0.15) is 25.7 Å². The second-order valence-corrected chi connectivity index (χ2v) is 6.85. The molecular formula is C23H23NO6. The maximum atomic E-state index is 12.0. The fourth-order valence-corrected chi connectivity index (χ4v) is 3.10. The SMILES string of the molecule is O=C(O)CCCCCNC(=O)COc1ccc2c(-c3ccccc3)cc(=O)oc2c1. The first-order valence-corrected chi connectivity index (χ1v) is 9.77. The van der Waals surface area contributed by atoms with E-state index >= 15 is 0 Å². The van der Waals surface area contributed by atoms with Crippen LogP contribution < -0.4 is 15.7 Å². The van der Waals surface area contributed by atoms with Gasteiger partial charge >= 0.3 is 11.6 Å². The number of carboxylic acid groups (broad SMARTS) is 1. The zero-order valence-electron chi connectivity index (χ0n) is 16.4. The summed E-state index contributed by atoms with van der Waals surface area (Å²) in [5.41, 5.74) is 1.61. The van der Waals surface area contributed by atoms with Gasteiger partial charge in [0.1, 0.15) is 11.3 Å². The Kier molecular flexibility index (Phi) is 7.21. The van der Waals surface area contributed by atoms with Crippen LogP contribution in [0, 0.1) is 0 Å². The molecule has 3 rings (SSSR count). The van der Waals surface area contributed by atoms with E-state index in [1.54, 1.807) is 18.2 Å². The molecule has 0 unspecified atom stereocenters. The van der Waals surface area contributed by atoms with Crippen molar-refractivity contribution >= 4 is 22.8 Å². The standard InChI is InChI=1S/C23H23NO6/c25-21(24-12-6-2-5-9-22(26)27)15-29-17-10-11-18-19(16-7-3-1-4-8-16)14-23(28)30-20(18)13-17/h1,3-4,7-8,10-11,13-14H,2,5-6,9,12,15H2,(H,24,25)(H,26,27). The molecule has 0 bridgehead atoms. The van der Waals surface area contributed by atoms with E-state index < -0.39 is 11.6 Å². The van der Waals surface area contributed by atoms with Crippen LogP contribution in [0.5, 0.6) is 5.75 Å². The third-order valence-electron chi connectivity index (χ3n) is 4.56. The summed E-state index contributed by atoms with van der Waals surface area (Å²) in [4.78, 5) is 34.3. The van der Waals surface area contributed by atoms with Gasteiger partial charge in [-0.2, -0.15) is 0 Å². The van der Waals surface area contributed by atoms with Crippen molar-refractivity contribution in [3.8, 4) is 16.9 Å². The number of aliphatic carboxylic acids is 1. The first-order chi connectivity index (χ1) is 14.5. The minimum absolute atomic E-state index is 0.140. The van der Waals surface area contributed by atoms with E-state index in [1.165, 1.54) is 6.07 Å². The monoisotopic (exact) mass is 409 g/mol. The predicted octanol–water partition coefficient (Wildman–Crippen LogP) is 3.60. The Bertz CT molecular complexity index is 1070. The number of amides is 1. The van der Waals surface area contributed by atoms with Crippen LogP contribution in [0.3, 0.4) is 0 Å². The number of hydrogen-bond donors (Lipinski definition) is 2. The fourth-order valence-electron chi connectivity index (χ4n) is 3.10. The predicted molar refractivity (Wildman–Crippen MR) is 113 cm³/mol. The summed E-state index contributed by atoms with van der Waals surface area (Å²) in [6.45, 7) is 0.304. The third kappa shape index (κ3) is 5.94. The summed E-state index contributed by atoms with van der Waals surface area (Å²) in [5, 5.41) is 12.1. The number of hydrogen-bond acceptors (Lipinski definition) is 5. The molecule has 30 heavy (non-hydrogen) atoms. The molecule has 0 atom stereocenters. The van der Waals surface area contributed by atoms with E-state index in [9.17, 15) is 14.4 Å². The third-order valence-corrected chi connectivity index (χ3v) is 4.56. The number of carbonyl (C=O) groups is 2. The molecule has 0 saturated carbocycles. The highest BCUT2D eigenvalue weighted by Gasteiger charge is 2.10. The quantitative estimate of drug-likeness (QED) is 0.391. The van der Waals surface area contributed by atoms with Gasteiger partial charge in [-0.05, 0) is 36.1 Å². The normalized spacial score (nSPS) is 10.7. The topological polar surface area (TPSA) is 106 Å². The number of carboxylic acids is 1. The molecule has 3 aromatic rings. The Morgan fingerprint density at radius 2 is 1.80 bits per heavy atom. The van der Waals surface area contributed by atoms with Crippen molar-refractivity contribution in [3.05, 3.63) is 65.0 Å². The van der Waals surface area contributed by atoms with E-state index in [-0.39, 0.29) is 18.9 Å². The molecule has 1 aromatic heterocycles. The van der Waals surface area contributed by atoms with Crippen LogP contribution in [0.25, 0.3) is 22.1 Å². The van der Waals surface area contributed by atoms with Crippen LogP contribution in [-0.2, 0) is 9.59 Å². The molecule has 0 saturated heterocycles. The number of ether oxygens (including phenoxy) is 1. The summed E-state index contributed by atoms with van der Waals surface area (Å²) in [6.07, 6.45) is 2.18. The van der Waals surface area contributed by atoms with Crippen molar-refractivity contribution in [2.75, 3.05) is 13.2 Å². The molecular weight excluding hydrogens is 386 g/mol. The zero-order chi connectivity index (χ0) is 21.3. The van der Waals surface area contributed by atoms with Crippen molar-refractivity contribution in [1.82, 2.24) is 5.32 Å². The Labute approximate surface area is 173 Å². The van der Waals surface area contributed by atoms with E-state index in [0.717, 1.165) is 22.9 Å². The van der Waals surface area contributed by atoms with Crippen molar-refractivity contribution in [2.24, 2.45) is 0 Å². The molecule has 7 nitrogen and oxygen atoms in total. The van der Waals surface area contributed by atoms with Crippen molar-refractivity contribution < 1.29 is 23.8 Å². The fraction of sp³-hybridized carbons (Fsp3) is 0.261. The van der Waals surface area contributed by atoms with E-state index in [2.05, 4.69) is 5.32 Å². The minimum atomic E-state index is -0.811. The lowest BCUT2D eigenvalue weighted by atomic mass is 10.0. The lowest BCUT2D eigenvalue weighted by molar-refractivity contribution is -0.137. The van der Waals surface area contributed by atoms with Crippen LogP contribution in [0.2, 0.25) is 0 Å². The smallest absolute Gasteiger partial charge is 0.336 e. The van der Waals surface area contributed by atoms with E-state index in [4.69, 9.17) is 14.3 Å². The second-order valence-electron chi connectivity index (χ2n) is 6.85. The minimum Gasteiger partial charge on any atom is -0.484 e. The van der Waals surface area contributed by atoms with E-state index in [1.807, 2.05) is 30.3 Å². The van der Waals surface area contributed by atoms with Gasteiger partial charge in [0.05, 0.1) is 0 Å². The van der Waals surface area contributed by atoms with Gasteiger partial charge in [0.15, 0.2) is 6.61 Å². The molecule has 156 valence electrons. The summed E-state index contributed by atoms with van der Waals surface area (Å²) in [7, 11) is 0. The highest BCUT2D eigenvalue weighted by molar-refractivity contribution is 5.93. The maximum Gasteiger partial charge on any atom is 0.336 e. The number of benzene rings is 2. The molecule has 0 spiro atoms. The van der Waals surface area contributed by atoms with Crippen LogP contribution >= 0.6 is 0 Å². The summed E-state index contributed by atoms with van der Waals surface area (Å²) in [6, 6.07) is 16.1. The van der Waals surface area contributed by atoms with Gasteiger partial charge < -0.3 is 19.6 Å². The molecule has 0 fully saturated rings. The largest absolute Gasteiger partial charge is 0.484 e. The number of unbranched alkanes of at least 4 members (excludes halogenated alkanes) is 2. The van der Waals surface area contributed by atoms with Gasteiger partial charge in [-0.25, -0.2) is 4.79 Å². The second kappa shape index (κ2) is 10.2. The zero-order valence-corrected chi connectivity index (χ0v) is 16.4.